The Labute approximate surface area is 85.8 Å². The number of hydrogen-bond acceptors (Lipinski definition) is 3. The fraction of sp³-hybridized carbons (Fsp3) is 1.00. The lowest BCUT2D eigenvalue weighted by atomic mass is 10.1. The molecule has 2 atom stereocenters. The van der Waals surface area contributed by atoms with E-state index in [9.17, 15) is 0 Å². The smallest absolute Gasteiger partial charge is 0.0600 e. The van der Waals surface area contributed by atoms with Crippen LogP contribution in [0.5, 0.6) is 0 Å². The van der Waals surface area contributed by atoms with Gasteiger partial charge >= 0.3 is 0 Å². The van der Waals surface area contributed by atoms with Crippen molar-refractivity contribution in [3.8, 4) is 0 Å². The molecular formula is C10H21NOS. The molecule has 1 aliphatic rings. The van der Waals surface area contributed by atoms with Crippen LogP contribution in [0.2, 0.25) is 0 Å². The molecule has 1 fully saturated rings. The third-order valence-electron chi connectivity index (χ3n) is 2.32. The quantitative estimate of drug-likeness (QED) is 0.752. The van der Waals surface area contributed by atoms with Gasteiger partial charge in [0.1, 0.15) is 0 Å². The molecular weight excluding hydrogens is 182 g/mol. The summed E-state index contributed by atoms with van der Waals surface area (Å²) in [7, 11) is 2.05. The SMILES string of the molecule is CNC1CCOCC1SCC(C)C. The van der Waals surface area contributed by atoms with Gasteiger partial charge < -0.3 is 10.1 Å². The van der Waals surface area contributed by atoms with Crippen molar-refractivity contribution in [1.29, 1.82) is 0 Å². The predicted octanol–water partition coefficient (Wildman–Crippen LogP) is 1.75. The van der Waals surface area contributed by atoms with Gasteiger partial charge in [0.2, 0.25) is 0 Å². The van der Waals surface area contributed by atoms with Gasteiger partial charge in [-0.05, 0) is 25.1 Å². The second kappa shape index (κ2) is 5.89. The first-order chi connectivity index (χ1) is 6.24. The lowest BCUT2D eigenvalue weighted by Crippen LogP contribution is -2.43. The largest absolute Gasteiger partial charge is 0.380 e. The highest BCUT2D eigenvalue weighted by Crippen LogP contribution is 2.23. The molecule has 0 saturated carbocycles. The fourth-order valence-electron chi connectivity index (χ4n) is 1.52. The van der Waals surface area contributed by atoms with E-state index in [0.29, 0.717) is 11.3 Å². The maximum Gasteiger partial charge on any atom is 0.0600 e. The molecule has 0 spiro atoms. The summed E-state index contributed by atoms with van der Waals surface area (Å²) >= 11 is 2.05. The molecule has 0 bridgehead atoms. The van der Waals surface area contributed by atoms with E-state index in [0.717, 1.165) is 25.6 Å². The molecule has 1 aliphatic heterocycles. The molecule has 1 heterocycles. The minimum absolute atomic E-state index is 0.650. The third kappa shape index (κ3) is 3.88. The summed E-state index contributed by atoms with van der Waals surface area (Å²) in [6.07, 6.45) is 1.16. The van der Waals surface area contributed by atoms with Gasteiger partial charge in [-0.1, -0.05) is 13.8 Å². The number of thioether (sulfide) groups is 1. The van der Waals surface area contributed by atoms with Gasteiger partial charge in [-0.15, -0.1) is 0 Å². The highest BCUT2D eigenvalue weighted by molar-refractivity contribution is 8.00. The third-order valence-corrected chi connectivity index (χ3v) is 4.07. The van der Waals surface area contributed by atoms with E-state index in [1.807, 2.05) is 0 Å². The molecule has 3 heteroatoms. The van der Waals surface area contributed by atoms with Crippen LogP contribution in [0.25, 0.3) is 0 Å². The van der Waals surface area contributed by atoms with Crippen LogP contribution < -0.4 is 5.32 Å². The Balaban J connectivity index is 2.27. The van der Waals surface area contributed by atoms with Crippen LogP contribution in [-0.4, -0.2) is 37.3 Å². The molecule has 1 N–H and O–H groups in total. The molecule has 78 valence electrons. The standard InChI is InChI=1S/C10H21NOS/c1-8(2)7-13-10-6-12-5-4-9(10)11-3/h8-11H,4-7H2,1-3H3. The van der Waals surface area contributed by atoms with Crippen LogP contribution >= 0.6 is 11.8 Å². The molecule has 0 aliphatic carbocycles. The average molecular weight is 203 g/mol. The van der Waals surface area contributed by atoms with Gasteiger partial charge in [-0.25, -0.2) is 0 Å². The maximum absolute atomic E-state index is 5.49. The monoisotopic (exact) mass is 203 g/mol. The highest BCUT2D eigenvalue weighted by atomic mass is 32.2. The van der Waals surface area contributed by atoms with E-state index in [2.05, 4.69) is 38.0 Å². The zero-order valence-electron chi connectivity index (χ0n) is 8.88. The molecule has 0 amide bonds. The molecule has 1 rings (SSSR count). The van der Waals surface area contributed by atoms with Crippen molar-refractivity contribution in [2.45, 2.75) is 31.6 Å². The second-order valence-electron chi connectivity index (χ2n) is 4.02. The van der Waals surface area contributed by atoms with Gasteiger partial charge in [-0.3, -0.25) is 0 Å². The molecule has 0 radical (unpaired) electrons. The molecule has 0 aromatic carbocycles. The Morgan fingerprint density at radius 2 is 2.31 bits per heavy atom. The Morgan fingerprint density at radius 1 is 1.54 bits per heavy atom. The van der Waals surface area contributed by atoms with Crippen LogP contribution in [0.15, 0.2) is 0 Å². The van der Waals surface area contributed by atoms with E-state index in [4.69, 9.17) is 4.74 Å². The van der Waals surface area contributed by atoms with E-state index >= 15 is 0 Å². The summed E-state index contributed by atoms with van der Waals surface area (Å²) in [6.45, 7) is 6.38. The lowest BCUT2D eigenvalue weighted by molar-refractivity contribution is 0.0850. The number of nitrogens with one attached hydrogen (secondary N) is 1. The van der Waals surface area contributed by atoms with Crippen molar-refractivity contribution in [2.24, 2.45) is 5.92 Å². The van der Waals surface area contributed by atoms with Crippen LogP contribution in [0.3, 0.4) is 0 Å². The van der Waals surface area contributed by atoms with Gasteiger partial charge in [0.05, 0.1) is 6.61 Å². The first-order valence-electron chi connectivity index (χ1n) is 5.10. The summed E-state index contributed by atoms with van der Waals surface area (Å²) in [6, 6.07) is 0.650. The summed E-state index contributed by atoms with van der Waals surface area (Å²) in [5.74, 6) is 2.02. The van der Waals surface area contributed by atoms with Gasteiger partial charge in [0.15, 0.2) is 0 Å². The Bertz CT molecular complexity index is 141. The number of rotatable bonds is 4. The number of ether oxygens (including phenoxy) is 1. The summed E-state index contributed by atoms with van der Waals surface area (Å²) in [5.41, 5.74) is 0. The maximum atomic E-state index is 5.49. The molecule has 0 aromatic heterocycles. The van der Waals surface area contributed by atoms with Crippen molar-refractivity contribution < 1.29 is 4.74 Å². The first kappa shape index (κ1) is 11.3. The zero-order chi connectivity index (χ0) is 9.68. The Morgan fingerprint density at radius 3 is 2.92 bits per heavy atom. The van der Waals surface area contributed by atoms with E-state index in [1.165, 1.54) is 5.75 Å². The second-order valence-corrected chi connectivity index (χ2v) is 5.30. The van der Waals surface area contributed by atoms with Crippen molar-refractivity contribution in [2.75, 3.05) is 26.0 Å². The van der Waals surface area contributed by atoms with Crippen LogP contribution in [-0.2, 0) is 4.74 Å². The van der Waals surface area contributed by atoms with E-state index in [1.54, 1.807) is 0 Å². The van der Waals surface area contributed by atoms with Gasteiger partial charge in [0, 0.05) is 17.9 Å². The van der Waals surface area contributed by atoms with E-state index < -0.39 is 0 Å². The zero-order valence-corrected chi connectivity index (χ0v) is 9.69. The summed E-state index contributed by atoms with van der Waals surface area (Å²) in [5, 5.41) is 4.03. The molecule has 1 saturated heterocycles. The van der Waals surface area contributed by atoms with E-state index in [-0.39, 0.29) is 0 Å². The van der Waals surface area contributed by atoms with Crippen LogP contribution in [0.4, 0.5) is 0 Å². The normalized spacial score (nSPS) is 29.5. The molecule has 2 nitrogen and oxygen atoms in total. The molecule has 2 unspecified atom stereocenters. The Hall–Kier alpha value is 0.270. The van der Waals surface area contributed by atoms with Crippen LogP contribution in [0.1, 0.15) is 20.3 Å². The Kier molecular flexibility index (Phi) is 5.14. The average Bonchev–Trinajstić information content (AvgIpc) is 2.15. The number of hydrogen-bond donors (Lipinski definition) is 1. The topological polar surface area (TPSA) is 21.3 Å². The van der Waals surface area contributed by atoms with Gasteiger partial charge in [0.25, 0.3) is 0 Å². The highest BCUT2D eigenvalue weighted by Gasteiger charge is 2.24. The predicted molar refractivity (Wildman–Crippen MR) is 59.4 cm³/mol. The van der Waals surface area contributed by atoms with Crippen LogP contribution in [0, 0.1) is 5.92 Å². The van der Waals surface area contributed by atoms with Gasteiger partial charge in [-0.2, -0.15) is 11.8 Å². The van der Waals surface area contributed by atoms with Crippen molar-refractivity contribution in [1.82, 2.24) is 5.32 Å². The van der Waals surface area contributed by atoms with Crippen molar-refractivity contribution in [3.05, 3.63) is 0 Å². The minimum Gasteiger partial charge on any atom is -0.380 e. The summed E-state index contributed by atoms with van der Waals surface area (Å²) < 4.78 is 5.49. The molecule has 0 aromatic rings. The fourth-order valence-corrected chi connectivity index (χ4v) is 2.85. The minimum atomic E-state index is 0.650. The van der Waals surface area contributed by atoms with Crippen molar-refractivity contribution >= 4 is 11.8 Å². The summed E-state index contributed by atoms with van der Waals surface area (Å²) in [4.78, 5) is 0. The first-order valence-corrected chi connectivity index (χ1v) is 6.15. The van der Waals surface area contributed by atoms with Crippen molar-refractivity contribution in [3.63, 3.8) is 0 Å². The molecule has 13 heavy (non-hydrogen) atoms. The lowest BCUT2D eigenvalue weighted by Gasteiger charge is -2.31.